The van der Waals surface area contributed by atoms with Gasteiger partial charge in [-0.3, -0.25) is 9.69 Å². The highest BCUT2D eigenvalue weighted by atomic mass is 35.5. The number of nitrogens with zero attached hydrogens (tertiary/aromatic N) is 4. The van der Waals surface area contributed by atoms with Crippen LogP contribution in [0.1, 0.15) is 45.4 Å². The highest BCUT2D eigenvalue weighted by Gasteiger charge is 2.23. The van der Waals surface area contributed by atoms with E-state index in [1.165, 1.54) is 25.7 Å². The Labute approximate surface area is 191 Å². The Balaban J connectivity index is 0.00000272. The van der Waals surface area contributed by atoms with Gasteiger partial charge in [0.2, 0.25) is 5.91 Å². The number of fused-ring (bicyclic) bond motifs is 1. The molecule has 3 aromatic rings. The fourth-order valence-electron chi connectivity index (χ4n) is 4.45. The van der Waals surface area contributed by atoms with Crippen LogP contribution in [0.3, 0.4) is 0 Å². The normalized spacial score (nSPS) is 14.9. The summed E-state index contributed by atoms with van der Waals surface area (Å²) < 4.78 is 2.13. The third-order valence-corrected chi connectivity index (χ3v) is 5.91. The zero-order valence-electron chi connectivity index (χ0n) is 18.5. The number of hydrogen-bond donors (Lipinski definition) is 0. The molecule has 1 aliphatic rings. The van der Waals surface area contributed by atoms with Crippen molar-refractivity contribution in [2.75, 3.05) is 18.0 Å². The Bertz CT molecular complexity index is 978. The predicted octanol–water partition coefficient (Wildman–Crippen LogP) is 5.28. The van der Waals surface area contributed by atoms with Crippen LogP contribution >= 0.6 is 12.4 Å². The summed E-state index contributed by atoms with van der Waals surface area (Å²) in [5.74, 6) is 1.08. The number of hydrogen-bond acceptors (Lipinski definition) is 3. The largest absolute Gasteiger partial charge is 0.317 e. The number of likely N-dealkylation sites (tertiary alicyclic amines) is 1. The van der Waals surface area contributed by atoms with Crippen LogP contribution in [0.2, 0.25) is 0 Å². The molecular formula is C25H33ClN4O. The van der Waals surface area contributed by atoms with Gasteiger partial charge in [0.15, 0.2) is 0 Å². The third kappa shape index (κ3) is 5.46. The number of halogens is 1. The minimum Gasteiger partial charge on any atom is -0.317 e. The summed E-state index contributed by atoms with van der Waals surface area (Å²) in [6.45, 7) is 7.45. The molecule has 166 valence electrons. The van der Waals surface area contributed by atoms with E-state index in [2.05, 4.69) is 29.4 Å². The third-order valence-electron chi connectivity index (χ3n) is 5.91. The molecule has 0 bridgehead atoms. The quantitative estimate of drug-likeness (QED) is 0.523. The molecular weight excluding hydrogens is 408 g/mol. The Hall–Kier alpha value is -2.37. The van der Waals surface area contributed by atoms with Gasteiger partial charge in [0, 0.05) is 11.7 Å². The van der Waals surface area contributed by atoms with Gasteiger partial charge in [0.05, 0.1) is 17.6 Å². The van der Waals surface area contributed by atoms with Crippen molar-refractivity contribution in [1.82, 2.24) is 14.5 Å². The molecule has 1 aliphatic heterocycles. The first-order chi connectivity index (χ1) is 14.6. The van der Waals surface area contributed by atoms with Gasteiger partial charge in [-0.1, -0.05) is 43.2 Å². The molecule has 0 N–H and O–H groups in total. The van der Waals surface area contributed by atoms with Crippen LogP contribution in [-0.4, -0.2) is 39.5 Å². The molecule has 0 unspecified atom stereocenters. The number of rotatable bonds is 6. The van der Waals surface area contributed by atoms with Gasteiger partial charge < -0.3 is 9.47 Å². The number of benzene rings is 2. The standard InChI is InChI=1S/C25H32N4O.ClH/c1-20(2)29(21-12-6-5-7-13-21)25(30)19-28-23-15-9-8-14-22(23)26-24(28)18-27-16-10-3-4-11-17-27;/h5-9,12-15,20H,3-4,10-11,16-19H2,1-2H3;1H. The van der Waals surface area contributed by atoms with Crippen molar-refractivity contribution >= 4 is 35.0 Å². The van der Waals surface area contributed by atoms with Gasteiger partial charge >= 0.3 is 0 Å². The molecule has 1 fully saturated rings. The fraction of sp³-hybridized carbons (Fsp3) is 0.440. The molecule has 0 saturated carbocycles. The van der Waals surface area contributed by atoms with Crippen LogP contribution in [0.5, 0.6) is 0 Å². The highest BCUT2D eigenvalue weighted by molar-refractivity contribution is 5.94. The molecule has 1 saturated heterocycles. The number of para-hydroxylation sites is 3. The Morgan fingerprint density at radius 2 is 1.61 bits per heavy atom. The maximum atomic E-state index is 13.5. The summed E-state index contributed by atoms with van der Waals surface area (Å²) in [5.41, 5.74) is 2.94. The second kappa shape index (κ2) is 10.8. The fourth-order valence-corrected chi connectivity index (χ4v) is 4.45. The smallest absolute Gasteiger partial charge is 0.247 e. The second-order valence-corrected chi connectivity index (χ2v) is 8.49. The topological polar surface area (TPSA) is 41.4 Å². The van der Waals surface area contributed by atoms with Gasteiger partial charge in [-0.25, -0.2) is 4.98 Å². The van der Waals surface area contributed by atoms with Crippen molar-refractivity contribution in [3.8, 4) is 0 Å². The molecule has 0 spiro atoms. The zero-order chi connectivity index (χ0) is 20.9. The number of amides is 1. The lowest BCUT2D eigenvalue weighted by Crippen LogP contribution is -2.39. The van der Waals surface area contributed by atoms with Crippen LogP contribution in [0.25, 0.3) is 11.0 Å². The van der Waals surface area contributed by atoms with Crippen molar-refractivity contribution in [3.63, 3.8) is 0 Å². The van der Waals surface area contributed by atoms with Gasteiger partial charge in [0.1, 0.15) is 12.4 Å². The number of carbonyl (C=O) groups is 1. The van der Waals surface area contributed by atoms with Crippen LogP contribution in [0.15, 0.2) is 54.6 Å². The molecule has 1 amide bonds. The Morgan fingerprint density at radius 3 is 2.29 bits per heavy atom. The molecule has 2 aromatic carbocycles. The maximum Gasteiger partial charge on any atom is 0.247 e. The summed E-state index contributed by atoms with van der Waals surface area (Å²) in [5, 5.41) is 0. The van der Waals surface area contributed by atoms with Crippen LogP contribution < -0.4 is 4.90 Å². The number of imidazole rings is 1. The van der Waals surface area contributed by atoms with E-state index in [1.807, 2.05) is 53.4 Å². The van der Waals surface area contributed by atoms with Gasteiger partial charge in [0.25, 0.3) is 0 Å². The van der Waals surface area contributed by atoms with Crippen LogP contribution in [0, 0.1) is 0 Å². The van der Waals surface area contributed by atoms with E-state index in [4.69, 9.17) is 4.98 Å². The first kappa shape index (κ1) is 23.3. The number of carbonyl (C=O) groups excluding carboxylic acids is 1. The van der Waals surface area contributed by atoms with Crippen molar-refractivity contribution < 1.29 is 4.79 Å². The highest BCUT2D eigenvalue weighted by Crippen LogP contribution is 2.22. The van der Waals surface area contributed by atoms with Crippen molar-refractivity contribution in [3.05, 3.63) is 60.4 Å². The zero-order valence-corrected chi connectivity index (χ0v) is 19.4. The molecule has 0 radical (unpaired) electrons. The first-order valence-electron chi connectivity index (χ1n) is 11.2. The van der Waals surface area contributed by atoms with E-state index in [-0.39, 0.29) is 24.4 Å². The number of aromatic nitrogens is 2. The lowest BCUT2D eigenvalue weighted by Gasteiger charge is -2.28. The van der Waals surface area contributed by atoms with Gasteiger partial charge in [-0.15, -0.1) is 12.4 Å². The summed E-state index contributed by atoms with van der Waals surface area (Å²) in [6.07, 6.45) is 5.11. The SMILES string of the molecule is CC(C)N(C(=O)Cn1c(CN2CCCCCC2)nc2ccccc21)c1ccccc1.Cl. The van der Waals surface area contributed by atoms with E-state index in [9.17, 15) is 4.79 Å². The Morgan fingerprint density at radius 1 is 0.968 bits per heavy atom. The lowest BCUT2D eigenvalue weighted by molar-refractivity contribution is -0.119. The number of anilines is 1. The van der Waals surface area contributed by atoms with E-state index in [0.717, 1.165) is 42.2 Å². The summed E-state index contributed by atoms with van der Waals surface area (Å²) in [7, 11) is 0. The first-order valence-corrected chi connectivity index (χ1v) is 11.2. The minimum absolute atomic E-state index is 0. The molecule has 2 heterocycles. The molecule has 1 aromatic heterocycles. The molecule has 6 heteroatoms. The molecule has 0 atom stereocenters. The minimum atomic E-state index is 0. The molecule has 5 nitrogen and oxygen atoms in total. The van der Waals surface area contributed by atoms with E-state index >= 15 is 0 Å². The molecule has 4 rings (SSSR count). The second-order valence-electron chi connectivity index (χ2n) is 8.49. The van der Waals surface area contributed by atoms with Crippen molar-refractivity contribution in [1.29, 1.82) is 0 Å². The maximum absolute atomic E-state index is 13.5. The van der Waals surface area contributed by atoms with Crippen molar-refractivity contribution in [2.24, 2.45) is 0 Å². The van der Waals surface area contributed by atoms with E-state index in [0.29, 0.717) is 6.54 Å². The van der Waals surface area contributed by atoms with Crippen LogP contribution in [0.4, 0.5) is 5.69 Å². The molecule has 0 aliphatic carbocycles. The lowest BCUT2D eigenvalue weighted by atomic mass is 10.2. The molecule has 31 heavy (non-hydrogen) atoms. The van der Waals surface area contributed by atoms with Crippen LogP contribution in [-0.2, 0) is 17.9 Å². The van der Waals surface area contributed by atoms with E-state index in [1.54, 1.807) is 0 Å². The average Bonchev–Trinajstić information content (AvgIpc) is 2.90. The summed E-state index contributed by atoms with van der Waals surface area (Å²) in [4.78, 5) is 22.8. The summed E-state index contributed by atoms with van der Waals surface area (Å²) in [6, 6.07) is 18.2. The van der Waals surface area contributed by atoms with Gasteiger partial charge in [-0.05, 0) is 64.0 Å². The predicted molar refractivity (Wildman–Crippen MR) is 130 cm³/mol. The monoisotopic (exact) mass is 440 g/mol. The van der Waals surface area contributed by atoms with Gasteiger partial charge in [-0.2, -0.15) is 0 Å². The van der Waals surface area contributed by atoms with E-state index < -0.39 is 0 Å². The Kier molecular flexibility index (Phi) is 8.10. The average molecular weight is 441 g/mol. The van der Waals surface area contributed by atoms with Crippen molar-refractivity contribution in [2.45, 2.75) is 58.7 Å². The summed E-state index contributed by atoms with van der Waals surface area (Å²) >= 11 is 0.